The molecule has 0 aromatic carbocycles. The Morgan fingerprint density at radius 1 is 1.18 bits per heavy atom. The van der Waals surface area contributed by atoms with Crippen molar-refractivity contribution in [1.82, 2.24) is 0 Å². The first-order chi connectivity index (χ1) is 18.4. The molecular weight excluding hydrogens is 520 g/mol. The minimum Gasteiger partial charge on any atom is -0.453 e. The molecule has 5 rings (SSSR count). The SMILES string of the molecule is C[C@@H]1C[C@H]2[C@@H]3C[C@H](F)C4=CC(=O)C=C[C@]4(C)[C@@]3(F)[C@@H](O)C[C@]2(C)[C@@]1(OC(=O)C1C(C)(C)C1(C)C)C(O)OCC#N. The molecule has 0 radical (unpaired) electrons. The fraction of sp³-hybridized carbons (Fsp3) is 0.774. The highest BCUT2D eigenvalue weighted by molar-refractivity contribution is 6.01. The second-order valence-electron chi connectivity index (χ2n) is 14.4. The number of aliphatic hydroxyl groups is 2. The molecule has 0 aromatic heterocycles. The number of hydrogen-bond donors (Lipinski definition) is 2. The lowest BCUT2D eigenvalue weighted by Gasteiger charge is -2.63. The van der Waals surface area contributed by atoms with E-state index >= 15 is 8.78 Å². The summed E-state index contributed by atoms with van der Waals surface area (Å²) in [5.41, 5.74) is -7.48. The van der Waals surface area contributed by atoms with E-state index in [1.807, 2.05) is 33.8 Å². The Morgan fingerprint density at radius 3 is 2.38 bits per heavy atom. The number of ketones is 1. The topological polar surface area (TPSA) is 117 Å². The van der Waals surface area contributed by atoms with Crippen molar-refractivity contribution in [3.63, 3.8) is 0 Å². The number of carbonyl (C=O) groups is 2. The Hall–Kier alpha value is -2.15. The number of aliphatic hydroxyl groups excluding tert-OH is 2. The van der Waals surface area contributed by atoms with Crippen LogP contribution in [-0.2, 0) is 19.1 Å². The van der Waals surface area contributed by atoms with Crippen molar-refractivity contribution in [2.45, 2.75) is 97.6 Å². The van der Waals surface area contributed by atoms with Gasteiger partial charge in [-0.25, -0.2) is 8.78 Å². The normalized spacial score (nSPS) is 47.3. The number of fused-ring (bicyclic) bond motifs is 5. The summed E-state index contributed by atoms with van der Waals surface area (Å²) in [5, 5.41) is 32.4. The molecule has 1 unspecified atom stereocenters. The lowest BCUT2D eigenvalue weighted by atomic mass is 9.44. The molecule has 0 saturated heterocycles. The number of rotatable bonds is 5. The summed E-state index contributed by atoms with van der Waals surface area (Å²) in [5.74, 6) is -3.58. The van der Waals surface area contributed by atoms with E-state index < -0.39 is 82.7 Å². The molecule has 0 bridgehead atoms. The van der Waals surface area contributed by atoms with Crippen molar-refractivity contribution >= 4 is 11.8 Å². The molecule has 5 aliphatic carbocycles. The molecule has 220 valence electrons. The van der Waals surface area contributed by atoms with Crippen LogP contribution < -0.4 is 0 Å². The quantitative estimate of drug-likeness (QED) is 0.378. The number of ether oxygens (including phenoxy) is 2. The first kappa shape index (κ1) is 29.3. The lowest BCUT2D eigenvalue weighted by Crippen LogP contribution is -2.71. The molecule has 0 aliphatic heterocycles. The zero-order chi connectivity index (χ0) is 29.8. The molecule has 0 heterocycles. The molecule has 10 atom stereocenters. The van der Waals surface area contributed by atoms with Crippen LogP contribution in [0.3, 0.4) is 0 Å². The van der Waals surface area contributed by atoms with Crippen molar-refractivity contribution in [2.75, 3.05) is 6.61 Å². The summed E-state index contributed by atoms with van der Waals surface area (Å²) in [4.78, 5) is 25.9. The maximum absolute atomic E-state index is 17.6. The van der Waals surface area contributed by atoms with E-state index in [1.165, 1.54) is 19.1 Å². The third-order valence-electron chi connectivity index (χ3n) is 12.4. The van der Waals surface area contributed by atoms with Gasteiger partial charge in [-0.2, -0.15) is 5.26 Å². The molecule has 7 nitrogen and oxygen atoms in total. The first-order valence-electron chi connectivity index (χ1n) is 14.2. The van der Waals surface area contributed by atoms with Gasteiger partial charge >= 0.3 is 5.97 Å². The van der Waals surface area contributed by atoms with Crippen LogP contribution in [0.4, 0.5) is 8.78 Å². The number of nitriles is 1. The van der Waals surface area contributed by atoms with Gasteiger partial charge in [-0.3, -0.25) is 9.59 Å². The van der Waals surface area contributed by atoms with Crippen LogP contribution in [0.1, 0.15) is 67.7 Å². The average Bonchev–Trinajstić information content (AvgIpc) is 3.17. The van der Waals surface area contributed by atoms with Crippen LogP contribution in [-0.4, -0.2) is 58.4 Å². The zero-order valence-electron chi connectivity index (χ0n) is 24.3. The van der Waals surface area contributed by atoms with E-state index in [0.717, 1.165) is 6.08 Å². The van der Waals surface area contributed by atoms with E-state index in [4.69, 9.17) is 9.47 Å². The lowest BCUT2D eigenvalue weighted by molar-refractivity contribution is -0.294. The molecule has 4 saturated carbocycles. The maximum Gasteiger partial charge on any atom is 0.310 e. The Bertz CT molecular complexity index is 1220. The molecule has 5 aliphatic rings. The highest BCUT2D eigenvalue weighted by Crippen LogP contribution is 2.73. The number of nitrogens with zero attached hydrogens (tertiary/aromatic N) is 1. The predicted octanol–water partition coefficient (Wildman–Crippen LogP) is 4.37. The van der Waals surface area contributed by atoms with E-state index in [1.54, 1.807) is 13.8 Å². The van der Waals surface area contributed by atoms with Crippen LogP contribution in [0.5, 0.6) is 0 Å². The van der Waals surface area contributed by atoms with Gasteiger partial charge in [0.25, 0.3) is 0 Å². The minimum atomic E-state index is -2.30. The van der Waals surface area contributed by atoms with Gasteiger partial charge in [0.05, 0.1) is 18.1 Å². The predicted molar refractivity (Wildman–Crippen MR) is 141 cm³/mol. The van der Waals surface area contributed by atoms with Crippen molar-refractivity contribution in [3.8, 4) is 6.07 Å². The third kappa shape index (κ3) is 3.30. The van der Waals surface area contributed by atoms with Crippen LogP contribution >= 0.6 is 0 Å². The molecule has 9 heteroatoms. The van der Waals surface area contributed by atoms with E-state index in [-0.39, 0.29) is 35.7 Å². The Morgan fingerprint density at radius 2 is 1.80 bits per heavy atom. The van der Waals surface area contributed by atoms with Crippen LogP contribution in [0.2, 0.25) is 0 Å². The van der Waals surface area contributed by atoms with Gasteiger partial charge in [-0.05, 0) is 60.7 Å². The fourth-order valence-corrected chi connectivity index (χ4v) is 9.60. The monoisotopic (exact) mass is 561 g/mol. The third-order valence-corrected chi connectivity index (χ3v) is 12.4. The smallest absolute Gasteiger partial charge is 0.310 e. The maximum atomic E-state index is 17.6. The van der Waals surface area contributed by atoms with Gasteiger partial charge in [0.2, 0.25) is 0 Å². The number of carbonyl (C=O) groups excluding carboxylic acids is 2. The molecular formula is C31H41F2NO6. The van der Waals surface area contributed by atoms with Gasteiger partial charge in [-0.15, -0.1) is 0 Å². The number of halogens is 2. The van der Waals surface area contributed by atoms with Gasteiger partial charge in [0, 0.05) is 22.7 Å². The van der Waals surface area contributed by atoms with Crippen LogP contribution in [0.25, 0.3) is 0 Å². The van der Waals surface area contributed by atoms with E-state index in [9.17, 15) is 25.1 Å². The molecule has 4 fully saturated rings. The number of esters is 1. The van der Waals surface area contributed by atoms with E-state index in [2.05, 4.69) is 0 Å². The Kier molecular flexibility index (Phi) is 6.37. The second-order valence-corrected chi connectivity index (χ2v) is 14.4. The molecule has 40 heavy (non-hydrogen) atoms. The highest BCUT2D eigenvalue weighted by Gasteiger charge is 2.79. The fourth-order valence-electron chi connectivity index (χ4n) is 9.60. The summed E-state index contributed by atoms with van der Waals surface area (Å²) < 4.78 is 45.2. The van der Waals surface area contributed by atoms with Crippen molar-refractivity contribution in [1.29, 1.82) is 5.26 Å². The zero-order valence-corrected chi connectivity index (χ0v) is 24.3. The summed E-state index contributed by atoms with van der Waals surface area (Å²) in [7, 11) is 0. The Labute approximate surface area is 234 Å². The average molecular weight is 562 g/mol. The summed E-state index contributed by atoms with van der Waals surface area (Å²) in [6, 6.07) is 1.84. The minimum absolute atomic E-state index is 0.0284. The highest BCUT2D eigenvalue weighted by atomic mass is 19.1. The number of hydrogen-bond acceptors (Lipinski definition) is 7. The Balaban J connectivity index is 1.61. The number of allylic oxidation sites excluding steroid dienone is 4. The molecule has 2 N–H and O–H groups in total. The van der Waals surface area contributed by atoms with E-state index in [0.29, 0.717) is 0 Å². The summed E-state index contributed by atoms with van der Waals surface area (Å²) in [6.07, 6.45) is -1.40. The molecule has 0 amide bonds. The van der Waals surface area contributed by atoms with Gasteiger partial charge in [0.15, 0.2) is 23.3 Å². The largest absolute Gasteiger partial charge is 0.453 e. The van der Waals surface area contributed by atoms with Gasteiger partial charge in [-0.1, -0.05) is 47.6 Å². The summed E-state index contributed by atoms with van der Waals surface area (Å²) in [6.45, 7) is 12.5. The standard InChI is InChI=1S/C31H41F2NO6/c1-16-12-18-19-14-21(32)20-13-17(35)8-9-28(20,6)30(19,33)22(36)15-29(18,7)31(16,25(38)39-11-10-34)40-24(37)23-26(2,3)27(23,4)5/h8-9,13,16,18-19,21-23,25,36,38H,11-12,14-15H2,1-7H3/t16-,18+,19+,21+,22+,25?,28+,29+,30+,31+/m1/s1. The van der Waals surface area contributed by atoms with Gasteiger partial charge in [0.1, 0.15) is 12.8 Å². The van der Waals surface area contributed by atoms with Crippen LogP contribution in [0, 0.1) is 56.7 Å². The number of alkyl halides is 2. The van der Waals surface area contributed by atoms with Crippen LogP contribution in [0.15, 0.2) is 23.8 Å². The molecule has 0 spiro atoms. The summed E-state index contributed by atoms with van der Waals surface area (Å²) >= 11 is 0. The first-order valence-corrected chi connectivity index (χ1v) is 14.2. The van der Waals surface area contributed by atoms with Crippen molar-refractivity contribution in [2.24, 2.45) is 45.3 Å². The van der Waals surface area contributed by atoms with Crippen molar-refractivity contribution < 1.29 is 38.1 Å². The molecule has 0 aromatic rings. The second kappa shape index (κ2) is 8.68. The van der Waals surface area contributed by atoms with Gasteiger partial charge < -0.3 is 19.7 Å². The van der Waals surface area contributed by atoms with Crippen molar-refractivity contribution in [3.05, 3.63) is 23.8 Å².